The topological polar surface area (TPSA) is 75.4 Å². The normalized spacial score (nSPS) is 9.87. The van der Waals surface area contributed by atoms with Crippen molar-refractivity contribution < 1.29 is 9.59 Å². The van der Waals surface area contributed by atoms with Gasteiger partial charge in [-0.2, -0.15) is 0 Å². The predicted octanol–water partition coefficient (Wildman–Crippen LogP) is 3.05. The van der Waals surface area contributed by atoms with Crippen molar-refractivity contribution in [3.05, 3.63) is 29.8 Å². The van der Waals surface area contributed by atoms with Gasteiger partial charge in [0, 0.05) is 30.8 Å². The summed E-state index contributed by atoms with van der Waals surface area (Å²) in [6.45, 7) is 6.17. The minimum Gasteiger partial charge on any atom is -0.339 e. The molecule has 0 saturated carbocycles. The number of hydrogen-bond donors (Lipinski definition) is 2. The summed E-state index contributed by atoms with van der Waals surface area (Å²) >= 11 is 0. The Labute approximate surface area is 145 Å². The molecule has 2 amide bonds. The van der Waals surface area contributed by atoms with Gasteiger partial charge >= 0.3 is 0 Å². The molecule has 5 nitrogen and oxygen atoms in total. The number of carbonyl (C=O) groups is 2. The number of halogens is 1. The number of hydrogen-bond acceptors (Lipinski definition) is 3. The molecule has 6 heteroatoms. The zero-order chi connectivity index (χ0) is 16.4. The molecule has 0 fully saturated rings. The van der Waals surface area contributed by atoms with E-state index < -0.39 is 0 Å². The van der Waals surface area contributed by atoms with E-state index in [1.165, 1.54) is 0 Å². The number of rotatable bonds is 9. The fourth-order valence-corrected chi connectivity index (χ4v) is 2.22. The smallest absolute Gasteiger partial charge is 0.253 e. The highest BCUT2D eigenvalue weighted by Gasteiger charge is 2.14. The first-order valence-corrected chi connectivity index (χ1v) is 8.01. The minimum atomic E-state index is -0.0527. The average molecular weight is 342 g/mol. The van der Waals surface area contributed by atoms with Gasteiger partial charge in [0.2, 0.25) is 5.91 Å². The van der Waals surface area contributed by atoms with Gasteiger partial charge in [0.15, 0.2) is 0 Å². The molecular weight excluding hydrogens is 314 g/mol. The first-order valence-electron chi connectivity index (χ1n) is 8.01. The Balaban J connectivity index is 0.00000484. The highest BCUT2D eigenvalue weighted by molar-refractivity contribution is 5.95. The van der Waals surface area contributed by atoms with Gasteiger partial charge < -0.3 is 16.0 Å². The van der Waals surface area contributed by atoms with Gasteiger partial charge in [-0.05, 0) is 50.1 Å². The molecule has 23 heavy (non-hydrogen) atoms. The molecule has 130 valence electrons. The van der Waals surface area contributed by atoms with Crippen LogP contribution in [0.15, 0.2) is 24.3 Å². The summed E-state index contributed by atoms with van der Waals surface area (Å²) in [5.41, 5.74) is 6.74. The Kier molecular flexibility index (Phi) is 11.1. The molecule has 0 saturated heterocycles. The van der Waals surface area contributed by atoms with Crippen LogP contribution in [-0.2, 0) is 4.79 Å². The van der Waals surface area contributed by atoms with Crippen molar-refractivity contribution in [3.8, 4) is 0 Å². The monoisotopic (exact) mass is 341 g/mol. The van der Waals surface area contributed by atoms with Crippen molar-refractivity contribution in [2.45, 2.75) is 39.5 Å². The van der Waals surface area contributed by atoms with Gasteiger partial charge in [-0.25, -0.2) is 0 Å². The number of anilines is 1. The third-order valence-corrected chi connectivity index (χ3v) is 3.30. The predicted molar refractivity (Wildman–Crippen MR) is 97.1 cm³/mol. The number of nitrogens with zero attached hydrogens (tertiary/aromatic N) is 1. The second-order valence-electron chi connectivity index (χ2n) is 5.31. The summed E-state index contributed by atoms with van der Waals surface area (Å²) < 4.78 is 0. The Morgan fingerprint density at radius 2 is 1.65 bits per heavy atom. The Morgan fingerprint density at radius 1 is 1.09 bits per heavy atom. The van der Waals surface area contributed by atoms with Crippen LogP contribution in [0.1, 0.15) is 49.9 Å². The summed E-state index contributed by atoms with van der Waals surface area (Å²) in [5.74, 6) is -0.00664. The first-order chi connectivity index (χ1) is 10.6. The van der Waals surface area contributed by atoms with Crippen LogP contribution in [0.2, 0.25) is 0 Å². The lowest BCUT2D eigenvalue weighted by Gasteiger charge is -2.21. The Hall–Kier alpha value is -1.59. The lowest BCUT2D eigenvalue weighted by molar-refractivity contribution is -0.116. The quantitative estimate of drug-likeness (QED) is 0.724. The fraction of sp³-hybridized carbons (Fsp3) is 0.529. The lowest BCUT2D eigenvalue weighted by Crippen LogP contribution is -2.32. The van der Waals surface area contributed by atoms with Crippen LogP contribution in [0.25, 0.3) is 0 Å². The summed E-state index contributed by atoms with van der Waals surface area (Å²) in [4.78, 5) is 25.9. The molecular formula is C17H28ClN3O2. The number of carbonyl (C=O) groups excluding carboxylic acids is 2. The van der Waals surface area contributed by atoms with E-state index in [0.29, 0.717) is 30.6 Å². The maximum absolute atomic E-state index is 12.4. The molecule has 0 spiro atoms. The third-order valence-electron chi connectivity index (χ3n) is 3.30. The lowest BCUT2D eigenvalue weighted by atomic mass is 10.1. The van der Waals surface area contributed by atoms with Gasteiger partial charge in [-0.15, -0.1) is 12.4 Å². The van der Waals surface area contributed by atoms with E-state index in [4.69, 9.17) is 5.73 Å². The maximum Gasteiger partial charge on any atom is 0.253 e. The zero-order valence-electron chi connectivity index (χ0n) is 14.0. The van der Waals surface area contributed by atoms with Crippen molar-refractivity contribution in [3.63, 3.8) is 0 Å². The van der Waals surface area contributed by atoms with Crippen LogP contribution in [0.4, 0.5) is 5.69 Å². The van der Waals surface area contributed by atoms with Gasteiger partial charge in [-0.1, -0.05) is 13.8 Å². The molecule has 1 rings (SSSR count). The van der Waals surface area contributed by atoms with E-state index >= 15 is 0 Å². The number of benzene rings is 1. The van der Waals surface area contributed by atoms with Crippen LogP contribution in [0.5, 0.6) is 0 Å². The Bertz CT molecular complexity index is 471. The number of nitrogens with two attached hydrogens (primary N) is 1. The molecule has 0 aliphatic carbocycles. The van der Waals surface area contributed by atoms with Crippen LogP contribution in [-0.4, -0.2) is 36.3 Å². The van der Waals surface area contributed by atoms with Crippen molar-refractivity contribution >= 4 is 29.9 Å². The van der Waals surface area contributed by atoms with E-state index in [0.717, 1.165) is 25.9 Å². The molecule has 0 heterocycles. The third kappa shape index (κ3) is 7.48. The van der Waals surface area contributed by atoms with E-state index in [1.807, 2.05) is 4.90 Å². The molecule has 3 N–H and O–H groups in total. The van der Waals surface area contributed by atoms with Crippen molar-refractivity contribution in [2.75, 3.05) is 25.0 Å². The fourth-order valence-electron chi connectivity index (χ4n) is 2.22. The standard InChI is InChI=1S/C17H27N3O2.ClH/c1-3-12-20(13-4-2)17(22)14-7-9-15(10-8-14)19-16(21)6-5-11-18;/h7-10H,3-6,11-13,18H2,1-2H3,(H,19,21);1H. The first kappa shape index (κ1) is 21.4. The van der Waals surface area contributed by atoms with E-state index in [-0.39, 0.29) is 24.2 Å². The SMILES string of the molecule is CCCN(CCC)C(=O)c1ccc(NC(=O)CCCN)cc1.Cl. The molecule has 0 radical (unpaired) electrons. The van der Waals surface area contributed by atoms with Gasteiger partial charge in [0.25, 0.3) is 5.91 Å². The summed E-state index contributed by atoms with van der Waals surface area (Å²) in [6.07, 6.45) is 2.98. The molecule has 1 aromatic carbocycles. The highest BCUT2D eigenvalue weighted by Crippen LogP contribution is 2.13. The summed E-state index contributed by atoms with van der Waals surface area (Å²) in [5, 5.41) is 2.80. The van der Waals surface area contributed by atoms with Crippen molar-refractivity contribution in [1.82, 2.24) is 4.90 Å². The minimum absolute atomic E-state index is 0. The zero-order valence-corrected chi connectivity index (χ0v) is 14.8. The molecule has 0 aliphatic rings. The molecule has 1 aromatic rings. The van der Waals surface area contributed by atoms with Crippen LogP contribution in [0.3, 0.4) is 0 Å². The van der Waals surface area contributed by atoms with Crippen molar-refractivity contribution in [2.24, 2.45) is 5.73 Å². The number of amides is 2. The van der Waals surface area contributed by atoms with Crippen LogP contribution >= 0.6 is 12.4 Å². The second-order valence-corrected chi connectivity index (χ2v) is 5.31. The van der Waals surface area contributed by atoms with Crippen LogP contribution in [0, 0.1) is 0 Å². The molecule has 0 unspecified atom stereocenters. The molecule has 0 atom stereocenters. The van der Waals surface area contributed by atoms with E-state index in [2.05, 4.69) is 19.2 Å². The molecule has 0 aromatic heterocycles. The molecule has 0 bridgehead atoms. The Morgan fingerprint density at radius 3 is 2.13 bits per heavy atom. The van der Waals surface area contributed by atoms with Gasteiger partial charge in [0.05, 0.1) is 0 Å². The van der Waals surface area contributed by atoms with E-state index in [1.54, 1.807) is 24.3 Å². The average Bonchev–Trinajstić information content (AvgIpc) is 2.53. The maximum atomic E-state index is 12.4. The van der Waals surface area contributed by atoms with E-state index in [9.17, 15) is 9.59 Å². The van der Waals surface area contributed by atoms with Gasteiger partial charge in [0.1, 0.15) is 0 Å². The summed E-state index contributed by atoms with van der Waals surface area (Å²) in [7, 11) is 0. The van der Waals surface area contributed by atoms with Crippen molar-refractivity contribution in [1.29, 1.82) is 0 Å². The second kappa shape index (κ2) is 11.9. The van der Waals surface area contributed by atoms with Crippen LogP contribution < -0.4 is 11.1 Å². The highest BCUT2D eigenvalue weighted by atomic mass is 35.5. The molecule has 0 aliphatic heterocycles. The largest absolute Gasteiger partial charge is 0.339 e. The number of nitrogens with one attached hydrogen (secondary N) is 1. The summed E-state index contributed by atoms with van der Waals surface area (Å²) in [6, 6.07) is 7.06. The van der Waals surface area contributed by atoms with Gasteiger partial charge in [-0.3, -0.25) is 9.59 Å².